The van der Waals surface area contributed by atoms with Gasteiger partial charge in [-0.3, -0.25) is 14.6 Å². The molecule has 0 bridgehead atoms. The number of carbonyl (C=O) groups is 1. The lowest BCUT2D eigenvalue weighted by Gasteiger charge is -2.25. The van der Waals surface area contributed by atoms with Crippen LogP contribution in [0.3, 0.4) is 0 Å². The molecule has 4 rings (SSSR count). The van der Waals surface area contributed by atoms with Gasteiger partial charge >= 0.3 is 0 Å². The van der Waals surface area contributed by atoms with E-state index in [2.05, 4.69) is 27.0 Å². The van der Waals surface area contributed by atoms with Crippen LogP contribution in [0.15, 0.2) is 4.52 Å². The first-order chi connectivity index (χ1) is 11.1. The summed E-state index contributed by atoms with van der Waals surface area (Å²) in [6.45, 7) is 3.55. The first-order valence-electron chi connectivity index (χ1n) is 8.63. The summed E-state index contributed by atoms with van der Waals surface area (Å²) >= 11 is 0. The largest absolute Gasteiger partial charge is 0.344 e. The van der Waals surface area contributed by atoms with E-state index in [1.54, 1.807) is 0 Å². The number of hydrogen-bond donors (Lipinski definition) is 0. The summed E-state index contributed by atoms with van der Waals surface area (Å²) in [5, 5.41) is 4.11. The van der Waals surface area contributed by atoms with Crippen molar-refractivity contribution in [3.63, 3.8) is 0 Å². The first kappa shape index (κ1) is 15.1. The first-order valence-corrected chi connectivity index (χ1v) is 8.63. The van der Waals surface area contributed by atoms with Gasteiger partial charge in [0.15, 0.2) is 5.82 Å². The second kappa shape index (κ2) is 5.87. The third kappa shape index (κ3) is 2.99. The average Bonchev–Trinajstić information content (AvgIpc) is 2.94. The Kier molecular flexibility index (Phi) is 3.85. The van der Waals surface area contributed by atoms with Gasteiger partial charge in [-0.25, -0.2) is 0 Å². The van der Waals surface area contributed by atoms with Crippen molar-refractivity contribution in [3.05, 3.63) is 11.7 Å². The summed E-state index contributed by atoms with van der Waals surface area (Å²) < 4.78 is 5.33. The Bertz CT molecular complexity index is 585. The van der Waals surface area contributed by atoms with E-state index in [1.807, 2.05) is 11.9 Å². The summed E-state index contributed by atoms with van der Waals surface area (Å²) in [6.07, 6.45) is 4.41. The number of nitrogens with zero attached hydrogens (tertiary/aromatic N) is 5. The van der Waals surface area contributed by atoms with Gasteiger partial charge in [0, 0.05) is 38.6 Å². The third-order valence-electron chi connectivity index (χ3n) is 5.46. The van der Waals surface area contributed by atoms with Crippen LogP contribution in [-0.4, -0.2) is 76.6 Å². The Labute approximate surface area is 136 Å². The molecule has 23 heavy (non-hydrogen) atoms. The summed E-state index contributed by atoms with van der Waals surface area (Å²) in [4.78, 5) is 23.2. The van der Waals surface area contributed by atoms with Crippen molar-refractivity contribution >= 4 is 5.91 Å². The highest BCUT2D eigenvalue weighted by molar-refractivity contribution is 5.83. The van der Waals surface area contributed by atoms with Gasteiger partial charge in [-0.1, -0.05) is 5.16 Å². The van der Waals surface area contributed by atoms with Crippen molar-refractivity contribution in [1.82, 2.24) is 24.8 Å². The predicted octanol–water partition coefficient (Wildman–Crippen LogP) is 0.684. The number of aromatic nitrogens is 2. The molecule has 1 aromatic rings. The van der Waals surface area contributed by atoms with Gasteiger partial charge in [0.05, 0.1) is 12.6 Å². The minimum absolute atomic E-state index is 0.0880. The van der Waals surface area contributed by atoms with Crippen molar-refractivity contribution in [2.24, 2.45) is 0 Å². The molecule has 0 N–H and O–H groups in total. The lowest BCUT2D eigenvalue weighted by Crippen LogP contribution is -2.42. The van der Waals surface area contributed by atoms with Crippen LogP contribution < -0.4 is 0 Å². The zero-order valence-corrected chi connectivity index (χ0v) is 13.9. The van der Waals surface area contributed by atoms with E-state index in [0.717, 1.165) is 44.2 Å². The van der Waals surface area contributed by atoms with Crippen LogP contribution in [0.4, 0.5) is 0 Å². The summed E-state index contributed by atoms with van der Waals surface area (Å²) in [5.74, 6) is 2.38. The SMILES string of the molecule is CN1CC[C@H](N2CC[C@H](N(C)Cc3noc(C4CC4)n3)C2)C1=O. The number of hydrogen-bond acceptors (Lipinski definition) is 6. The molecule has 2 saturated heterocycles. The third-order valence-corrected chi connectivity index (χ3v) is 5.46. The minimum Gasteiger partial charge on any atom is -0.344 e. The molecule has 0 radical (unpaired) electrons. The zero-order chi connectivity index (χ0) is 16.0. The van der Waals surface area contributed by atoms with E-state index < -0.39 is 0 Å². The molecule has 0 aromatic carbocycles. The lowest BCUT2D eigenvalue weighted by molar-refractivity contribution is -0.130. The van der Waals surface area contributed by atoms with Gasteiger partial charge in [-0.05, 0) is 32.7 Å². The Morgan fingerprint density at radius 3 is 2.78 bits per heavy atom. The predicted molar refractivity (Wildman–Crippen MR) is 83.8 cm³/mol. The Hall–Kier alpha value is -1.47. The molecular weight excluding hydrogens is 294 g/mol. The van der Waals surface area contributed by atoms with E-state index in [-0.39, 0.29) is 11.9 Å². The average molecular weight is 319 g/mol. The molecule has 126 valence electrons. The molecule has 7 heteroatoms. The second-order valence-electron chi connectivity index (χ2n) is 7.24. The van der Waals surface area contributed by atoms with Gasteiger partial charge in [0.25, 0.3) is 0 Å². The van der Waals surface area contributed by atoms with Crippen LogP contribution in [-0.2, 0) is 11.3 Å². The maximum atomic E-state index is 12.2. The number of rotatable bonds is 5. The van der Waals surface area contributed by atoms with Gasteiger partial charge in [0.1, 0.15) is 0 Å². The molecule has 3 aliphatic rings. The van der Waals surface area contributed by atoms with Crippen LogP contribution in [0.2, 0.25) is 0 Å². The molecule has 1 aliphatic carbocycles. The maximum absolute atomic E-state index is 12.2. The molecule has 3 fully saturated rings. The van der Waals surface area contributed by atoms with E-state index in [0.29, 0.717) is 18.5 Å². The molecule has 1 aromatic heterocycles. The Morgan fingerprint density at radius 1 is 1.26 bits per heavy atom. The molecule has 3 heterocycles. The number of carbonyl (C=O) groups excluding carboxylic acids is 1. The normalized spacial score (nSPS) is 29.2. The van der Waals surface area contributed by atoms with Gasteiger partial charge in [-0.2, -0.15) is 4.98 Å². The van der Waals surface area contributed by atoms with E-state index in [1.165, 1.54) is 12.8 Å². The van der Waals surface area contributed by atoms with Gasteiger partial charge in [0.2, 0.25) is 11.8 Å². The fourth-order valence-electron chi connectivity index (χ4n) is 3.73. The number of likely N-dealkylation sites (N-methyl/N-ethyl adjacent to an activating group) is 2. The molecule has 0 unspecified atom stereocenters. The smallest absolute Gasteiger partial charge is 0.239 e. The Balaban J connectivity index is 1.32. The fourth-order valence-corrected chi connectivity index (χ4v) is 3.73. The van der Waals surface area contributed by atoms with Gasteiger partial charge < -0.3 is 9.42 Å². The zero-order valence-electron chi connectivity index (χ0n) is 13.9. The molecule has 0 spiro atoms. The molecule has 2 aliphatic heterocycles. The summed E-state index contributed by atoms with van der Waals surface area (Å²) in [6, 6.07) is 0.543. The van der Waals surface area contributed by atoms with E-state index in [4.69, 9.17) is 4.52 Å². The maximum Gasteiger partial charge on any atom is 0.239 e. The summed E-state index contributed by atoms with van der Waals surface area (Å²) in [7, 11) is 4.01. The molecule has 2 atom stereocenters. The highest BCUT2D eigenvalue weighted by atomic mass is 16.5. The molecule has 1 saturated carbocycles. The van der Waals surface area contributed by atoms with Crippen molar-refractivity contribution < 1.29 is 9.32 Å². The molecule has 1 amide bonds. The molecular formula is C16H25N5O2. The van der Waals surface area contributed by atoms with Crippen molar-refractivity contribution in [2.75, 3.05) is 33.7 Å². The fraction of sp³-hybridized carbons (Fsp3) is 0.812. The van der Waals surface area contributed by atoms with Gasteiger partial charge in [-0.15, -0.1) is 0 Å². The number of likely N-dealkylation sites (tertiary alicyclic amines) is 2. The monoisotopic (exact) mass is 319 g/mol. The van der Waals surface area contributed by atoms with Crippen molar-refractivity contribution in [2.45, 2.75) is 50.2 Å². The van der Waals surface area contributed by atoms with E-state index in [9.17, 15) is 4.79 Å². The second-order valence-corrected chi connectivity index (χ2v) is 7.24. The van der Waals surface area contributed by atoms with Crippen LogP contribution in [0, 0.1) is 0 Å². The topological polar surface area (TPSA) is 65.7 Å². The van der Waals surface area contributed by atoms with Crippen LogP contribution in [0.1, 0.15) is 43.3 Å². The minimum atomic E-state index is 0.0880. The van der Waals surface area contributed by atoms with Crippen LogP contribution >= 0.6 is 0 Å². The lowest BCUT2D eigenvalue weighted by atomic mass is 10.2. The number of amides is 1. The highest BCUT2D eigenvalue weighted by Crippen LogP contribution is 2.38. The van der Waals surface area contributed by atoms with E-state index >= 15 is 0 Å². The van der Waals surface area contributed by atoms with Crippen LogP contribution in [0.25, 0.3) is 0 Å². The Morgan fingerprint density at radius 2 is 2.09 bits per heavy atom. The molecule has 7 nitrogen and oxygen atoms in total. The van der Waals surface area contributed by atoms with Crippen molar-refractivity contribution in [1.29, 1.82) is 0 Å². The van der Waals surface area contributed by atoms with Crippen LogP contribution in [0.5, 0.6) is 0 Å². The standard InChI is InChI=1S/C16H25N5O2/c1-19-7-6-13(16(19)22)21-8-5-12(9-21)20(2)10-14-17-15(23-18-14)11-3-4-11/h11-13H,3-10H2,1-2H3/t12-,13-/m0/s1. The highest BCUT2D eigenvalue weighted by Gasteiger charge is 2.38. The quantitative estimate of drug-likeness (QED) is 0.795. The summed E-state index contributed by atoms with van der Waals surface area (Å²) in [5.41, 5.74) is 0. The van der Waals surface area contributed by atoms with Crippen molar-refractivity contribution in [3.8, 4) is 0 Å².